The summed E-state index contributed by atoms with van der Waals surface area (Å²) in [6.45, 7) is 3.50. The van der Waals surface area contributed by atoms with Gasteiger partial charge in [-0.3, -0.25) is 0 Å². The van der Waals surface area contributed by atoms with Gasteiger partial charge in [-0.1, -0.05) is 35.9 Å². The minimum Gasteiger partial charge on any atom is -0.478 e. The summed E-state index contributed by atoms with van der Waals surface area (Å²) in [5.74, 6) is -0.835. The number of rotatable bonds is 3. The van der Waals surface area contributed by atoms with E-state index in [9.17, 15) is 4.79 Å². The molecule has 0 saturated carbocycles. The monoisotopic (exact) mass is 190 g/mol. The van der Waals surface area contributed by atoms with Gasteiger partial charge in [-0.15, -0.1) is 0 Å². The summed E-state index contributed by atoms with van der Waals surface area (Å²) in [4.78, 5) is 10.7. The third-order valence-electron chi connectivity index (χ3n) is 2.27. The van der Waals surface area contributed by atoms with E-state index in [1.54, 1.807) is 6.92 Å². The standard InChI is InChI=1S/C12H14O2/c1-9(10(2)12(13)14)8-11-6-4-3-5-7-11/h3-7H,8H2,1-2H3,(H,13,14)/b10-9-. The van der Waals surface area contributed by atoms with Gasteiger partial charge in [0.15, 0.2) is 0 Å². The van der Waals surface area contributed by atoms with Gasteiger partial charge >= 0.3 is 5.97 Å². The summed E-state index contributed by atoms with van der Waals surface area (Å²) in [5.41, 5.74) is 2.49. The fraction of sp³-hybridized carbons (Fsp3) is 0.250. The highest BCUT2D eigenvalue weighted by Crippen LogP contribution is 2.11. The molecule has 0 aromatic heterocycles. The summed E-state index contributed by atoms with van der Waals surface area (Å²) in [7, 11) is 0. The van der Waals surface area contributed by atoms with Crippen LogP contribution >= 0.6 is 0 Å². The van der Waals surface area contributed by atoms with E-state index < -0.39 is 5.97 Å². The molecule has 1 aromatic carbocycles. The van der Waals surface area contributed by atoms with Crippen molar-refractivity contribution in [3.8, 4) is 0 Å². The molecular formula is C12H14O2. The highest BCUT2D eigenvalue weighted by atomic mass is 16.4. The van der Waals surface area contributed by atoms with E-state index in [2.05, 4.69) is 0 Å². The van der Waals surface area contributed by atoms with Gasteiger partial charge in [0, 0.05) is 5.57 Å². The first-order chi connectivity index (χ1) is 6.61. The second kappa shape index (κ2) is 4.61. The minimum absolute atomic E-state index is 0.439. The van der Waals surface area contributed by atoms with E-state index in [0.29, 0.717) is 12.0 Å². The van der Waals surface area contributed by atoms with Crippen LogP contribution in [-0.2, 0) is 11.2 Å². The lowest BCUT2D eigenvalue weighted by atomic mass is 10.0. The molecular weight excluding hydrogens is 176 g/mol. The number of carboxylic acid groups (broad SMARTS) is 1. The second-order valence-electron chi connectivity index (χ2n) is 3.37. The molecule has 0 atom stereocenters. The third kappa shape index (κ3) is 2.73. The Morgan fingerprint density at radius 3 is 2.29 bits per heavy atom. The molecule has 0 heterocycles. The lowest BCUT2D eigenvalue weighted by Crippen LogP contribution is -2.01. The van der Waals surface area contributed by atoms with E-state index in [1.807, 2.05) is 37.3 Å². The molecule has 1 aromatic rings. The lowest BCUT2D eigenvalue weighted by molar-refractivity contribution is -0.132. The van der Waals surface area contributed by atoms with Crippen LogP contribution < -0.4 is 0 Å². The van der Waals surface area contributed by atoms with Crippen LogP contribution in [-0.4, -0.2) is 11.1 Å². The normalized spacial score (nSPS) is 12.1. The summed E-state index contributed by atoms with van der Waals surface area (Å²) >= 11 is 0. The van der Waals surface area contributed by atoms with Crippen molar-refractivity contribution in [2.24, 2.45) is 0 Å². The van der Waals surface area contributed by atoms with E-state index in [-0.39, 0.29) is 0 Å². The van der Waals surface area contributed by atoms with E-state index >= 15 is 0 Å². The molecule has 14 heavy (non-hydrogen) atoms. The lowest BCUT2D eigenvalue weighted by Gasteiger charge is -2.03. The second-order valence-corrected chi connectivity index (χ2v) is 3.37. The fourth-order valence-electron chi connectivity index (χ4n) is 1.22. The van der Waals surface area contributed by atoms with E-state index in [1.165, 1.54) is 0 Å². The predicted octanol–water partition coefficient (Wildman–Crippen LogP) is 2.65. The maximum absolute atomic E-state index is 10.7. The quantitative estimate of drug-likeness (QED) is 0.744. The largest absolute Gasteiger partial charge is 0.478 e. The van der Waals surface area contributed by atoms with Crippen LogP contribution in [0.15, 0.2) is 41.5 Å². The zero-order chi connectivity index (χ0) is 10.6. The summed E-state index contributed by atoms with van der Waals surface area (Å²) in [6.07, 6.45) is 0.707. The Balaban J connectivity index is 2.80. The highest BCUT2D eigenvalue weighted by Gasteiger charge is 2.05. The molecule has 2 nitrogen and oxygen atoms in total. The van der Waals surface area contributed by atoms with Crippen LogP contribution in [0.4, 0.5) is 0 Å². The third-order valence-corrected chi connectivity index (χ3v) is 2.27. The molecule has 0 aliphatic heterocycles. The molecule has 2 heteroatoms. The number of carboxylic acids is 1. The Hall–Kier alpha value is -1.57. The number of benzene rings is 1. The molecule has 0 aliphatic carbocycles. The summed E-state index contributed by atoms with van der Waals surface area (Å²) < 4.78 is 0. The first kappa shape index (κ1) is 10.5. The van der Waals surface area contributed by atoms with Crippen molar-refractivity contribution in [3.63, 3.8) is 0 Å². The number of allylic oxidation sites excluding steroid dienone is 1. The zero-order valence-electron chi connectivity index (χ0n) is 8.45. The molecule has 0 saturated heterocycles. The summed E-state index contributed by atoms with van der Waals surface area (Å²) in [5, 5.41) is 8.77. The van der Waals surface area contributed by atoms with Gasteiger partial charge in [0.25, 0.3) is 0 Å². The van der Waals surface area contributed by atoms with Crippen molar-refractivity contribution in [1.82, 2.24) is 0 Å². The first-order valence-electron chi connectivity index (χ1n) is 4.55. The Labute approximate surface area is 83.9 Å². The molecule has 1 rings (SSSR count). The number of carbonyl (C=O) groups is 1. The molecule has 0 unspecified atom stereocenters. The zero-order valence-corrected chi connectivity index (χ0v) is 8.45. The average molecular weight is 190 g/mol. The maximum Gasteiger partial charge on any atom is 0.331 e. The van der Waals surface area contributed by atoms with Gasteiger partial charge in [-0.25, -0.2) is 4.79 Å². The Kier molecular flexibility index (Phi) is 3.46. The van der Waals surface area contributed by atoms with Crippen molar-refractivity contribution < 1.29 is 9.90 Å². The van der Waals surface area contributed by atoms with Gasteiger partial charge < -0.3 is 5.11 Å². The van der Waals surface area contributed by atoms with Gasteiger partial charge in [-0.05, 0) is 25.8 Å². The molecule has 0 radical (unpaired) electrons. The molecule has 0 bridgehead atoms. The molecule has 0 aliphatic rings. The van der Waals surface area contributed by atoms with Gasteiger partial charge in [-0.2, -0.15) is 0 Å². The van der Waals surface area contributed by atoms with Crippen molar-refractivity contribution in [2.75, 3.05) is 0 Å². The predicted molar refractivity (Wildman–Crippen MR) is 56.2 cm³/mol. The number of aliphatic carboxylic acids is 1. The molecule has 0 fully saturated rings. The van der Waals surface area contributed by atoms with Gasteiger partial charge in [0.1, 0.15) is 0 Å². The summed E-state index contributed by atoms with van der Waals surface area (Å²) in [6, 6.07) is 9.86. The van der Waals surface area contributed by atoms with Crippen LogP contribution in [0.2, 0.25) is 0 Å². The van der Waals surface area contributed by atoms with Crippen LogP contribution in [0.5, 0.6) is 0 Å². The van der Waals surface area contributed by atoms with Crippen LogP contribution in [0.1, 0.15) is 19.4 Å². The average Bonchev–Trinajstić information content (AvgIpc) is 2.18. The molecule has 0 amide bonds. The topological polar surface area (TPSA) is 37.3 Å². The van der Waals surface area contributed by atoms with Gasteiger partial charge in [0.2, 0.25) is 0 Å². The fourth-order valence-corrected chi connectivity index (χ4v) is 1.22. The number of hydrogen-bond donors (Lipinski definition) is 1. The Bertz CT molecular complexity index is 350. The van der Waals surface area contributed by atoms with Crippen molar-refractivity contribution in [3.05, 3.63) is 47.0 Å². The molecule has 74 valence electrons. The van der Waals surface area contributed by atoms with Crippen LogP contribution in [0.3, 0.4) is 0 Å². The highest BCUT2D eigenvalue weighted by molar-refractivity contribution is 5.86. The smallest absolute Gasteiger partial charge is 0.331 e. The maximum atomic E-state index is 10.7. The van der Waals surface area contributed by atoms with Crippen LogP contribution in [0, 0.1) is 0 Å². The molecule has 0 spiro atoms. The minimum atomic E-state index is -0.835. The van der Waals surface area contributed by atoms with Crippen LogP contribution in [0.25, 0.3) is 0 Å². The van der Waals surface area contributed by atoms with E-state index in [0.717, 1.165) is 11.1 Å². The Morgan fingerprint density at radius 2 is 1.79 bits per heavy atom. The van der Waals surface area contributed by atoms with Gasteiger partial charge in [0.05, 0.1) is 0 Å². The SMILES string of the molecule is C/C(Cc1ccccc1)=C(\C)C(=O)O. The van der Waals surface area contributed by atoms with Crippen molar-refractivity contribution in [2.45, 2.75) is 20.3 Å². The van der Waals surface area contributed by atoms with Crippen molar-refractivity contribution >= 4 is 5.97 Å². The first-order valence-corrected chi connectivity index (χ1v) is 4.55. The van der Waals surface area contributed by atoms with E-state index in [4.69, 9.17) is 5.11 Å². The molecule has 1 N–H and O–H groups in total. The Morgan fingerprint density at radius 1 is 1.21 bits per heavy atom. The number of hydrogen-bond acceptors (Lipinski definition) is 1. The van der Waals surface area contributed by atoms with Crippen molar-refractivity contribution in [1.29, 1.82) is 0 Å².